The van der Waals surface area contributed by atoms with Crippen molar-refractivity contribution in [2.75, 3.05) is 0 Å². The summed E-state index contributed by atoms with van der Waals surface area (Å²) in [5, 5.41) is 0. The van der Waals surface area contributed by atoms with Crippen LogP contribution in [0.3, 0.4) is 0 Å². The molecule has 0 bridgehead atoms. The predicted octanol–water partition coefficient (Wildman–Crippen LogP) is 6.34. The molecule has 1 atom stereocenters. The van der Waals surface area contributed by atoms with E-state index in [1.807, 2.05) is 0 Å². The van der Waals surface area contributed by atoms with Gasteiger partial charge in [-0.1, -0.05) is 72.8 Å². The van der Waals surface area contributed by atoms with Crippen LogP contribution in [0, 0.1) is 0 Å². The molecule has 5 aromatic rings. The van der Waals surface area contributed by atoms with E-state index < -0.39 is 0 Å². The molecule has 1 unspecified atom stereocenters. The van der Waals surface area contributed by atoms with Gasteiger partial charge >= 0.3 is 0 Å². The first-order valence-electron chi connectivity index (χ1n) is 10.1. The van der Waals surface area contributed by atoms with Crippen LogP contribution in [0.1, 0.15) is 23.6 Å². The Balaban J connectivity index is 1.77. The van der Waals surface area contributed by atoms with E-state index in [-0.39, 0.29) is 5.41 Å². The molecule has 2 nitrogen and oxygen atoms in total. The molecule has 0 saturated carbocycles. The van der Waals surface area contributed by atoms with Gasteiger partial charge in [-0.05, 0) is 52.9 Å². The predicted molar refractivity (Wildman–Crippen MR) is 117 cm³/mol. The van der Waals surface area contributed by atoms with Gasteiger partial charge in [0, 0.05) is 11.0 Å². The fraction of sp³-hybridized carbons (Fsp3) is 0.0741. The quantitative estimate of drug-likeness (QED) is 0.311. The van der Waals surface area contributed by atoms with Crippen LogP contribution in [-0.2, 0) is 5.41 Å². The molecular formula is C27H18N2. The number of fused-ring (bicyclic) bond motifs is 10. The van der Waals surface area contributed by atoms with Gasteiger partial charge in [0.25, 0.3) is 0 Å². The van der Waals surface area contributed by atoms with Crippen molar-refractivity contribution in [2.45, 2.75) is 12.3 Å². The third-order valence-corrected chi connectivity index (χ3v) is 6.81. The minimum Gasteiger partial charge on any atom is -0.292 e. The summed E-state index contributed by atoms with van der Waals surface area (Å²) in [6.45, 7) is 2.38. The molecule has 2 heterocycles. The maximum Gasteiger partial charge on any atom is 0.146 e. The van der Waals surface area contributed by atoms with E-state index in [1.54, 1.807) is 0 Å². The van der Waals surface area contributed by atoms with E-state index in [0.717, 1.165) is 16.9 Å². The lowest BCUT2D eigenvalue weighted by Gasteiger charge is -2.29. The Hall–Kier alpha value is -3.65. The number of hydrogen-bond acceptors (Lipinski definition) is 1. The summed E-state index contributed by atoms with van der Waals surface area (Å²) in [4.78, 5) is 5.09. The first-order chi connectivity index (χ1) is 14.3. The molecular weight excluding hydrogens is 352 g/mol. The molecule has 0 saturated heterocycles. The summed E-state index contributed by atoms with van der Waals surface area (Å²) in [5.41, 5.74) is 11.2. The summed E-state index contributed by atoms with van der Waals surface area (Å²) in [7, 11) is 0. The largest absolute Gasteiger partial charge is 0.292 e. The maximum absolute atomic E-state index is 5.09. The summed E-state index contributed by atoms with van der Waals surface area (Å²) >= 11 is 0. The number of para-hydroxylation sites is 2. The van der Waals surface area contributed by atoms with Gasteiger partial charge in [0.15, 0.2) is 0 Å². The molecule has 7 rings (SSSR count). The first kappa shape index (κ1) is 15.3. The van der Waals surface area contributed by atoms with Crippen molar-refractivity contribution >= 4 is 11.0 Å². The Bertz CT molecular complexity index is 1470. The standard InChI is InChI=1S/C27H18N2/c1-27-20-12-4-2-9-17(20)18-11-8-16-24(25(18)27)29-23-15-7-6-14-22(23)28-26(29)19-10-3-5-13-21(19)27/h2-16H,1H3. The second kappa shape index (κ2) is 5.03. The third-order valence-electron chi connectivity index (χ3n) is 6.81. The van der Waals surface area contributed by atoms with Crippen LogP contribution in [0.4, 0.5) is 0 Å². The number of benzene rings is 4. The van der Waals surface area contributed by atoms with E-state index >= 15 is 0 Å². The topological polar surface area (TPSA) is 17.8 Å². The van der Waals surface area contributed by atoms with Crippen LogP contribution < -0.4 is 0 Å². The summed E-state index contributed by atoms with van der Waals surface area (Å²) in [6.07, 6.45) is 0. The monoisotopic (exact) mass is 370 g/mol. The van der Waals surface area contributed by atoms with E-state index in [2.05, 4.69) is 102 Å². The second-order valence-corrected chi connectivity index (χ2v) is 8.18. The molecule has 4 aromatic carbocycles. The number of rotatable bonds is 0. The number of aromatic nitrogens is 2. The molecule has 1 aliphatic carbocycles. The van der Waals surface area contributed by atoms with Gasteiger partial charge in [-0.15, -0.1) is 0 Å². The zero-order chi connectivity index (χ0) is 19.2. The van der Waals surface area contributed by atoms with Gasteiger partial charge in [-0.25, -0.2) is 4.98 Å². The van der Waals surface area contributed by atoms with E-state index in [0.29, 0.717) is 0 Å². The highest BCUT2D eigenvalue weighted by Crippen LogP contribution is 2.57. The highest BCUT2D eigenvalue weighted by Gasteiger charge is 2.46. The lowest BCUT2D eigenvalue weighted by molar-refractivity contribution is 0.716. The normalized spacial score (nSPS) is 18.0. The third kappa shape index (κ3) is 1.67. The van der Waals surface area contributed by atoms with Crippen molar-refractivity contribution in [2.24, 2.45) is 0 Å². The van der Waals surface area contributed by atoms with Crippen molar-refractivity contribution in [1.29, 1.82) is 0 Å². The molecule has 0 N–H and O–H groups in total. The smallest absolute Gasteiger partial charge is 0.146 e. The van der Waals surface area contributed by atoms with Gasteiger partial charge < -0.3 is 0 Å². The van der Waals surface area contributed by atoms with Gasteiger partial charge in [0.1, 0.15) is 5.82 Å². The van der Waals surface area contributed by atoms with Crippen molar-refractivity contribution in [3.63, 3.8) is 0 Å². The molecule has 0 radical (unpaired) electrons. The molecule has 2 heteroatoms. The Kier molecular flexibility index (Phi) is 2.66. The Morgan fingerprint density at radius 3 is 2.17 bits per heavy atom. The average molecular weight is 370 g/mol. The zero-order valence-corrected chi connectivity index (χ0v) is 16.1. The minimum absolute atomic E-state index is 0.207. The lowest BCUT2D eigenvalue weighted by Crippen LogP contribution is -2.23. The Morgan fingerprint density at radius 1 is 0.655 bits per heavy atom. The Morgan fingerprint density at radius 2 is 1.31 bits per heavy atom. The van der Waals surface area contributed by atoms with Gasteiger partial charge in [0.05, 0.1) is 16.7 Å². The fourth-order valence-electron chi connectivity index (χ4n) is 5.61. The van der Waals surface area contributed by atoms with Crippen LogP contribution in [0.15, 0.2) is 91.0 Å². The van der Waals surface area contributed by atoms with Crippen molar-refractivity contribution in [1.82, 2.24) is 9.55 Å². The van der Waals surface area contributed by atoms with E-state index in [1.165, 1.54) is 39.1 Å². The lowest BCUT2D eigenvalue weighted by atomic mass is 9.72. The van der Waals surface area contributed by atoms with Crippen LogP contribution in [-0.4, -0.2) is 9.55 Å². The van der Waals surface area contributed by atoms with Gasteiger partial charge in [0.2, 0.25) is 0 Å². The molecule has 0 spiro atoms. The van der Waals surface area contributed by atoms with Gasteiger partial charge in [-0.2, -0.15) is 0 Å². The number of imidazole rings is 1. The molecule has 29 heavy (non-hydrogen) atoms. The summed E-state index contributed by atoms with van der Waals surface area (Å²) in [6, 6.07) is 32.8. The van der Waals surface area contributed by atoms with Crippen LogP contribution in [0.5, 0.6) is 0 Å². The highest BCUT2D eigenvalue weighted by molar-refractivity contribution is 5.93. The Labute approximate surface area is 169 Å². The second-order valence-electron chi connectivity index (χ2n) is 8.18. The first-order valence-corrected chi connectivity index (χ1v) is 10.1. The fourth-order valence-corrected chi connectivity index (χ4v) is 5.61. The molecule has 0 amide bonds. The summed E-state index contributed by atoms with van der Waals surface area (Å²) in [5.74, 6) is 1.03. The van der Waals surface area contributed by atoms with Crippen LogP contribution >= 0.6 is 0 Å². The van der Waals surface area contributed by atoms with E-state index in [4.69, 9.17) is 4.98 Å². The molecule has 1 aliphatic heterocycles. The highest BCUT2D eigenvalue weighted by atomic mass is 15.1. The van der Waals surface area contributed by atoms with Crippen molar-refractivity contribution < 1.29 is 0 Å². The van der Waals surface area contributed by atoms with Crippen molar-refractivity contribution in [3.8, 4) is 28.2 Å². The molecule has 2 aliphatic rings. The van der Waals surface area contributed by atoms with Gasteiger partial charge in [-0.3, -0.25) is 4.57 Å². The maximum atomic E-state index is 5.09. The van der Waals surface area contributed by atoms with Crippen molar-refractivity contribution in [3.05, 3.63) is 108 Å². The molecule has 1 aromatic heterocycles. The zero-order valence-electron chi connectivity index (χ0n) is 16.1. The molecule has 0 fully saturated rings. The van der Waals surface area contributed by atoms with E-state index in [9.17, 15) is 0 Å². The average Bonchev–Trinajstić information content (AvgIpc) is 3.26. The minimum atomic E-state index is -0.207. The number of hydrogen-bond donors (Lipinski definition) is 0. The number of nitrogens with zero attached hydrogens (tertiary/aromatic N) is 2. The molecule has 136 valence electrons. The van der Waals surface area contributed by atoms with Crippen LogP contribution in [0.25, 0.3) is 39.2 Å². The summed E-state index contributed by atoms with van der Waals surface area (Å²) < 4.78 is 2.37. The SMILES string of the molecule is CC12c3ccccc3-c3cccc(c31)-n1c(nc3ccccc31)-c1ccccc12. The van der Waals surface area contributed by atoms with Crippen LogP contribution in [0.2, 0.25) is 0 Å².